The Bertz CT molecular complexity index is 305. The number of piperazine rings is 1. The monoisotopic (exact) mass is 214 g/mol. The van der Waals surface area contributed by atoms with Crippen molar-refractivity contribution in [3.05, 3.63) is 48.6 Å². The Morgan fingerprint density at radius 2 is 1.62 bits per heavy atom. The van der Waals surface area contributed by atoms with Gasteiger partial charge < -0.3 is 5.32 Å². The summed E-state index contributed by atoms with van der Waals surface area (Å²) in [5.41, 5.74) is 0. The Kier molecular flexibility index (Phi) is 2.77. The lowest BCUT2D eigenvalue weighted by molar-refractivity contribution is 0.132. The molecule has 3 aliphatic rings. The maximum absolute atomic E-state index is 3.51. The summed E-state index contributed by atoms with van der Waals surface area (Å²) in [5.74, 6) is 0.579. The highest BCUT2D eigenvalue weighted by molar-refractivity contribution is 5.25. The van der Waals surface area contributed by atoms with Crippen LogP contribution in [0.1, 0.15) is 0 Å². The number of allylic oxidation sites excluding steroid dienone is 4. The highest BCUT2D eigenvalue weighted by atomic mass is 15.2. The standard InChI is InChI=1S/C14H18N2/c1-2-6-12(5-1)14-11-15-9-10-16(14)13-7-3-4-8-13/h1-8,12-15H,9-11H2. The molecule has 2 heteroatoms. The van der Waals surface area contributed by atoms with E-state index in [1.165, 1.54) is 0 Å². The molecule has 0 saturated carbocycles. The maximum atomic E-state index is 3.51. The molecule has 1 saturated heterocycles. The molecule has 84 valence electrons. The summed E-state index contributed by atoms with van der Waals surface area (Å²) in [7, 11) is 0. The fraction of sp³-hybridized carbons (Fsp3) is 0.429. The fourth-order valence-corrected chi connectivity index (χ4v) is 2.82. The first-order valence-corrected chi connectivity index (χ1v) is 6.11. The lowest BCUT2D eigenvalue weighted by Gasteiger charge is -2.41. The van der Waals surface area contributed by atoms with Crippen LogP contribution in [0.4, 0.5) is 0 Å². The van der Waals surface area contributed by atoms with Gasteiger partial charge in [-0.1, -0.05) is 48.6 Å². The van der Waals surface area contributed by atoms with Crippen LogP contribution in [0.5, 0.6) is 0 Å². The summed E-state index contributed by atoms with van der Waals surface area (Å²) in [6.45, 7) is 3.34. The van der Waals surface area contributed by atoms with Crippen LogP contribution in [0.25, 0.3) is 0 Å². The third-order valence-electron chi connectivity index (χ3n) is 3.66. The number of hydrogen-bond acceptors (Lipinski definition) is 2. The van der Waals surface area contributed by atoms with E-state index >= 15 is 0 Å². The average Bonchev–Trinajstić information content (AvgIpc) is 3.03. The first-order valence-electron chi connectivity index (χ1n) is 6.11. The molecule has 16 heavy (non-hydrogen) atoms. The molecule has 2 nitrogen and oxygen atoms in total. The third kappa shape index (κ3) is 1.79. The molecule has 0 bridgehead atoms. The molecule has 2 aliphatic carbocycles. The largest absolute Gasteiger partial charge is 0.314 e. The minimum atomic E-state index is 0.509. The van der Waals surface area contributed by atoms with Crippen LogP contribution in [-0.2, 0) is 0 Å². The minimum absolute atomic E-state index is 0.509. The van der Waals surface area contributed by atoms with Gasteiger partial charge in [0.25, 0.3) is 0 Å². The maximum Gasteiger partial charge on any atom is 0.0472 e. The lowest BCUT2D eigenvalue weighted by atomic mass is 9.96. The predicted octanol–water partition coefficient (Wildman–Crippen LogP) is 1.50. The minimum Gasteiger partial charge on any atom is -0.314 e. The fourth-order valence-electron chi connectivity index (χ4n) is 2.82. The van der Waals surface area contributed by atoms with Crippen molar-refractivity contribution in [2.45, 2.75) is 12.1 Å². The van der Waals surface area contributed by atoms with Gasteiger partial charge in [0.2, 0.25) is 0 Å². The van der Waals surface area contributed by atoms with Gasteiger partial charge in [0, 0.05) is 37.6 Å². The molecule has 1 unspecified atom stereocenters. The summed E-state index contributed by atoms with van der Waals surface area (Å²) >= 11 is 0. The van der Waals surface area contributed by atoms with E-state index in [2.05, 4.69) is 58.8 Å². The Morgan fingerprint density at radius 3 is 2.38 bits per heavy atom. The molecular formula is C14H18N2. The van der Waals surface area contributed by atoms with Crippen molar-refractivity contribution in [1.82, 2.24) is 10.2 Å². The van der Waals surface area contributed by atoms with Crippen molar-refractivity contribution in [2.24, 2.45) is 5.92 Å². The van der Waals surface area contributed by atoms with Crippen LogP contribution < -0.4 is 5.32 Å². The molecule has 0 aromatic rings. The molecule has 0 aromatic heterocycles. The van der Waals surface area contributed by atoms with E-state index in [0.717, 1.165) is 19.6 Å². The number of rotatable bonds is 2. The number of nitrogens with zero attached hydrogens (tertiary/aromatic N) is 1. The average molecular weight is 214 g/mol. The summed E-state index contributed by atoms with van der Waals surface area (Å²) in [6, 6.07) is 1.11. The highest BCUT2D eigenvalue weighted by Gasteiger charge is 2.31. The van der Waals surface area contributed by atoms with Gasteiger partial charge in [-0.15, -0.1) is 0 Å². The van der Waals surface area contributed by atoms with Crippen LogP contribution in [0.15, 0.2) is 48.6 Å². The van der Waals surface area contributed by atoms with Crippen molar-refractivity contribution in [2.75, 3.05) is 19.6 Å². The summed E-state index contributed by atoms with van der Waals surface area (Å²) < 4.78 is 0. The Morgan fingerprint density at radius 1 is 0.938 bits per heavy atom. The molecular weight excluding hydrogens is 196 g/mol. The van der Waals surface area contributed by atoms with E-state index in [0.29, 0.717) is 18.0 Å². The molecule has 0 aromatic carbocycles. The van der Waals surface area contributed by atoms with Gasteiger partial charge in [-0.25, -0.2) is 0 Å². The molecule has 0 radical (unpaired) electrons. The quantitative estimate of drug-likeness (QED) is 0.749. The smallest absolute Gasteiger partial charge is 0.0472 e. The van der Waals surface area contributed by atoms with Crippen LogP contribution in [-0.4, -0.2) is 36.6 Å². The van der Waals surface area contributed by atoms with Crippen molar-refractivity contribution >= 4 is 0 Å². The van der Waals surface area contributed by atoms with E-state index in [9.17, 15) is 0 Å². The second kappa shape index (κ2) is 4.40. The topological polar surface area (TPSA) is 15.3 Å². The van der Waals surface area contributed by atoms with Crippen molar-refractivity contribution < 1.29 is 0 Å². The molecule has 1 atom stereocenters. The van der Waals surface area contributed by atoms with Gasteiger partial charge in [0.05, 0.1) is 0 Å². The first kappa shape index (κ1) is 10.1. The van der Waals surface area contributed by atoms with Gasteiger partial charge in [0.15, 0.2) is 0 Å². The predicted molar refractivity (Wildman–Crippen MR) is 67.2 cm³/mol. The molecule has 3 rings (SSSR count). The second-order valence-corrected chi connectivity index (χ2v) is 4.62. The van der Waals surface area contributed by atoms with Crippen molar-refractivity contribution in [3.8, 4) is 0 Å². The van der Waals surface area contributed by atoms with E-state index in [1.807, 2.05) is 0 Å². The van der Waals surface area contributed by atoms with Crippen LogP contribution >= 0.6 is 0 Å². The van der Waals surface area contributed by atoms with E-state index in [4.69, 9.17) is 0 Å². The van der Waals surface area contributed by atoms with Gasteiger partial charge in [-0.2, -0.15) is 0 Å². The van der Waals surface area contributed by atoms with Crippen molar-refractivity contribution in [1.29, 1.82) is 0 Å². The van der Waals surface area contributed by atoms with E-state index in [1.54, 1.807) is 0 Å². The zero-order valence-electron chi connectivity index (χ0n) is 9.42. The normalized spacial score (nSPS) is 30.9. The Labute approximate surface area is 97.0 Å². The molecule has 0 amide bonds. The molecule has 1 aliphatic heterocycles. The van der Waals surface area contributed by atoms with Gasteiger partial charge in [0.1, 0.15) is 0 Å². The number of hydrogen-bond donors (Lipinski definition) is 1. The van der Waals surface area contributed by atoms with Crippen LogP contribution in [0, 0.1) is 5.92 Å². The van der Waals surface area contributed by atoms with E-state index in [-0.39, 0.29) is 0 Å². The van der Waals surface area contributed by atoms with Crippen molar-refractivity contribution in [3.63, 3.8) is 0 Å². The SMILES string of the molecule is C1=CC(C2CNCCN2C2C=CC=C2)C=C1. The van der Waals surface area contributed by atoms with E-state index < -0.39 is 0 Å². The first-order chi connectivity index (χ1) is 7.95. The molecule has 1 fully saturated rings. The highest BCUT2D eigenvalue weighted by Crippen LogP contribution is 2.24. The van der Waals surface area contributed by atoms with Gasteiger partial charge in [-0.3, -0.25) is 4.90 Å². The summed E-state index contributed by atoms with van der Waals surface area (Å²) in [6.07, 6.45) is 17.9. The Balaban J connectivity index is 1.77. The summed E-state index contributed by atoms with van der Waals surface area (Å²) in [5, 5.41) is 3.51. The second-order valence-electron chi connectivity index (χ2n) is 4.62. The third-order valence-corrected chi connectivity index (χ3v) is 3.66. The summed E-state index contributed by atoms with van der Waals surface area (Å²) in [4.78, 5) is 2.61. The molecule has 0 spiro atoms. The van der Waals surface area contributed by atoms with Gasteiger partial charge >= 0.3 is 0 Å². The number of nitrogens with one attached hydrogen (secondary N) is 1. The zero-order chi connectivity index (χ0) is 10.8. The zero-order valence-corrected chi connectivity index (χ0v) is 9.42. The molecule has 1 heterocycles. The lowest BCUT2D eigenvalue weighted by Crippen LogP contribution is -2.56. The van der Waals surface area contributed by atoms with Crippen LogP contribution in [0.2, 0.25) is 0 Å². The Hall–Kier alpha value is -1.12. The molecule has 1 N–H and O–H groups in total. The van der Waals surface area contributed by atoms with Gasteiger partial charge in [-0.05, 0) is 0 Å². The van der Waals surface area contributed by atoms with Crippen LogP contribution in [0.3, 0.4) is 0 Å².